The SMILES string of the molecule is CC(=O)c1ccc(NCc2ccc(C(O)c3cccc(C)c3)cc2)c(C)c1O. The van der Waals surface area contributed by atoms with E-state index in [0.717, 1.165) is 27.9 Å². The van der Waals surface area contributed by atoms with Crippen LogP contribution in [0.15, 0.2) is 60.7 Å². The number of phenolic OH excluding ortho intramolecular Hbond substituents is 1. The molecule has 0 radical (unpaired) electrons. The molecule has 0 saturated heterocycles. The summed E-state index contributed by atoms with van der Waals surface area (Å²) >= 11 is 0. The minimum atomic E-state index is -0.653. The number of carbonyl (C=O) groups is 1. The van der Waals surface area contributed by atoms with Crippen LogP contribution in [-0.4, -0.2) is 16.0 Å². The molecular weight excluding hydrogens is 350 g/mol. The molecule has 28 heavy (non-hydrogen) atoms. The minimum absolute atomic E-state index is 0.0223. The summed E-state index contributed by atoms with van der Waals surface area (Å²) in [5.74, 6) is -0.135. The van der Waals surface area contributed by atoms with E-state index >= 15 is 0 Å². The molecule has 0 aliphatic heterocycles. The molecule has 0 saturated carbocycles. The molecule has 0 spiro atoms. The van der Waals surface area contributed by atoms with E-state index in [1.165, 1.54) is 6.92 Å². The molecule has 3 aromatic rings. The van der Waals surface area contributed by atoms with Crippen LogP contribution in [-0.2, 0) is 6.54 Å². The maximum absolute atomic E-state index is 11.5. The van der Waals surface area contributed by atoms with Crippen LogP contribution in [0.3, 0.4) is 0 Å². The van der Waals surface area contributed by atoms with Crippen molar-refractivity contribution in [3.05, 3.63) is 94.0 Å². The van der Waals surface area contributed by atoms with E-state index < -0.39 is 6.10 Å². The van der Waals surface area contributed by atoms with Crippen LogP contribution < -0.4 is 5.32 Å². The molecule has 1 unspecified atom stereocenters. The van der Waals surface area contributed by atoms with Gasteiger partial charge >= 0.3 is 0 Å². The van der Waals surface area contributed by atoms with Crippen molar-refractivity contribution in [2.45, 2.75) is 33.4 Å². The third-order valence-electron chi connectivity index (χ3n) is 4.95. The monoisotopic (exact) mass is 375 g/mol. The Bertz CT molecular complexity index is 993. The summed E-state index contributed by atoms with van der Waals surface area (Å²) in [6.07, 6.45) is -0.653. The molecule has 3 aromatic carbocycles. The second-order valence-electron chi connectivity index (χ2n) is 7.10. The highest BCUT2D eigenvalue weighted by atomic mass is 16.3. The highest BCUT2D eigenvalue weighted by Gasteiger charge is 2.13. The lowest BCUT2D eigenvalue weighted by Gasteiger charge is -2.15. The normalized spacial score (nSPS) is 11.9. The molecule has 0 aliphatic rings. The number of anilines is 1. The average molecular weight is 375 g/mol. The van der Waals surface area contributed by atoms with E-state index in [2.05, 4.69) is 5.32 Å². The number of aliphatic hydroxyl groups is 1. The third-order valence-corrected chi connectivity index (χ3v) is 4.95. The van der Waals surface area contributed by atoms with Gasteiger partial charge in [-0.15, -0.1) is 0 Å². The Kier molecular flexibility index (Phi) is 5.81. The Morgan fingerprint density at radius 3 is 2.36 bits per heavy atom. The quantitative estimate of drug-likeness (QED) is 0.536. The second kappa shape index (κ2) is 8.28. The summed E-state index contributed by atoms with van der Waals surface area (Å²) in [5, 5.41) is 24.1. The van der Waals surface area contributed by atoms with Gasteiger partial charge in [0.05, 0.1) is 5.56 Å². The number of Topliss-reactive ketones (excluding diaryl/α,β-unsaturated/α-hetero) is 1. The van der Waals surface area contributed by atoms with Gasteiger partial charge in [0.1, 0.15) is 11.9 Å². The molecule has 4 nitrogen and oxygen atoms in total. The number of benzene rings is 3. The number of phenols is 1. The zero-order valence-electron chi connectivity index (χ0n) is 16.4. The third kappa shape index (κ3) is 4.24. The predicted molar refractivity (Wildman–Crippen MR) is 112 cm³/mol. The Morgan fingerprint density at radius 1 is 1.00 bits per heavy atom. The van der Waals surface area contributed by atoms with Crippen molar-refractivity contribution in [2.24, 2.45) is 0 Å². The summed E-state index contributed by atoms with van der Waals surface area (Å²) in [4.78, 5) is 11.5. The van der Waals surface area contributed by atoms with Crippen molar-refractivity contribution < 1.29 is 15.0 Å². The summed E-state index contributed by atoms with van der Waals surface area (Å²) in [6, 6.07) is 19.1. The fourth-order valence-electron chi connectivity index (χ4n) is 3.22. The molecule has 0 fully saturated rings. The molecule has 3 rings (SSSR count). The first-order valence-electron chi connectivity index (χ1n) is 9.27. The fraction of sp³-hybridized carbons (Fsp3) is 0.208. The van der Waals surface area contributed by atoms with Gasteiger partial charge in [-0.2, -0.15) is 0 Å². The lowest BCUT2D eigenvalue weighted by Crippen LogP contribution is -2.04. The van der Waals surface area contributed by atoms with E-state index in [1.807, 2.05) is 61.5 Å². The van der Waals surface area contributed by atoms with Crippen LogP contribution in [0.25, 0.3) is 0 Å². The van der Waals surface area contributed by atoms with Crippen molar-refractivity contribution in [1.29, 1.82) is 0 Å². The Labute approximate surface area is 165 Å². The van der Waals surface area contributed by atoms with Gasteiger partial charge in [-0.3, -0.25) is 4.79 Å². The van der Waals surface area contributed by atoms with Gasteiger partial charge in [0.2, 0.25) is 0 Å². The summed E-state index contributed by atoms with van der Waals surface area (Å²) in [7, 11) is 0. The minimum Gasteiger partial charge on any atom is -0.507 e. The van der Waals surface area contributed by atoms with Gasteiger partial charge in [-0.05, 0) is 49.6 Å². The topological polar surface area (TPSA) is 69.6 Å². The first kappa shape index (κ1) is 19.6. The van der Waals surface area contributed by atoms with Crippen molar-refractivity contribution in [3.63, 3.8) is 0 Å². The van der Waals surface area contributed by atoms with Gasteiger partial charge in [-0.1, -0.05) is 54.1 Å². The molecule has 0 heterocycles. The number of aromatic hydroxyl groups is 1. The lowest BCUT2D eigenvalue weighted by molar-refractivity contribution is 0.101. The van der Waals surface area contributed by atoms with E-state index in [-0.39, 0.29) is 11.5 Å². The number of hydrogen-bond acceptors (Lipinski definition) is 4. The van der Waals surface area contributed by atoms with Gasteiger partial charge < -0.3 is 15.5 Å². The van der Waals surface area contributed by atoms with Crippen molar-refractivity contribution >= 4 is 11.5 Å². The number of aryl methyl sites for hydroxylation is 1. The van der Waals surface area contributed by atoms with Crippen LogP contribution >= 0.6 is 0 Å². The van der Waals surface area contributed by atoms with Crippen LogP contribution in [0.2, 0.25) is 0 Å². The van der Waals surface area contributed by atoms with Crippen LogP contribution in [0.1, 0.15) is 51.2 Å². The average Bonchev–Trinajstić information content (AvgIpc) is 2.68. The lowest BCUT2D eigenvalue weighted by atomic mass is 9.99. The summed E-state index contributed by atoms with van der Waals surface area (Å²) in [5.41, 5.74) is 5.65. The predicted octanol–water partition coefficient (Wildman–Crippen LogP) is 4.91. The highest BCUT2D eigenvalue weighted by Crippen LogP contribution is 2.29. The largest absolute Gasteiger partial charge is 0.507 e. The maximum atomic E-state index is 11.5. The zero-order valence-corrected chi connectivity index (χ0v) is 16.4. The second-order valence-corrected chi connectivity index (χ2v) is 7.10. The summed E-state index contributed by atoms with van der Waals surface area (Å²) in [6.45, 7) is 5.80. The van der Waals surface area contributed by atoms with Crippen LogP contribution in [0.5, 0.6) is 5.75 Å². The summed E-state index contributed by atoms with van der Waals surface area (Å²) < 4.78 is 0. The zero-order chi connectivity index (χ0) is 20.3. The fourth-order valence-corrected chi connectivity index (χ4v) is 3.22. The molecule has 144 valence electrons. The van der Waals surface area contributed by atoms with Gasteiger partial charge in [0.25, 0.3) is 0 Å². The molecule has 4 heteroatoms. The maximum Gasteiger partial charge on any atom is 0.163 e. The number of rotatable bonds is 6. The van der Waals surface area contributed by atoms with E-state index in [1.54, 1.807) is 13.0 Å². The molecule has 1 atom stereocenters. The Hall–Kier alpha value is -3.11. The number of hydrogen-bond donors (Lipinski definition) is 3. The van der Waals surface area contributed by atoms with E-state index in [9.17, 15) is 15.0 Å². The van der Waals surface area contributed by atoms with Gasteiger partial charge in [-0.25, -0.2) is 0 Å². The molecule has 0 aliphatic carbocycles. The smallest absolute Gasteiger partial charge is 0.163 e. The number of aliphatic hydroxyl groups excluding tert-OH is 1. The standard InChI is InChI=1S/C24H25NO3/c1-15-5-4-6-20(13-15)24(28)19-9-7-18(8-10-19)14-25-22-12-11-21(17(3)26)23(27)16(22)2/h4-13,24-25,27-28H,14H2,1-3H3. The van der Waals surface area contributed by atoms with Crippen molar-refractivity contribution in [3.8, 4) is 5.75 Å². The molecule has 0 bridgehead atoms. The molecular formula is C24H25NO3. The molecule has 0 aromatic heterocycles. The highest BCUT2D eigenvalue weighted by molar-refractivity contribution is 5.97. The van der Waals surface area contributed by atoms with E-state index in [4.69, 9.17) is 0 Å². The number of nitrogens with one attached hydrogen (secondary N) is 1. The first-order valence-corrected chi connectivity index (χ1v) is 9.27. The van der Waals surface area contributed by atoms with Gasteiger partial charge in [0, 0.05) is 17.8 Å². The van der Waals surface area contributed by atoms with Crippen LogP contribution in [0, 0.1) is 13.8 Å². The van der Waals surface area contributed by atoms with Crippen molar-refractivity contribution in [1.82, 2.24) is 0 Å². The Balaban J connectivity index is 1.70. The van der Waals surface area contributed by atoms with E-state index in [0.29, 0.717) is 17.7 Å². The first-order chi connectivity index (χ1) is 13.4. The Morgan fingerprint density at radius 2 is 1.71 bits per heavy atom. The van der Waals surface area contributed by atoms with Crippen LogP contribution in [0.4, 0.5) is 5.69 Å². The number of carbonyl (C=O) groups excluding carboxylic acids is 1. The number of ketones is 1. The van der Waals surface area contributed by atoms with Crippen molar-refractivity contribution in [2.75, 3.05) is 5.32 Å². The molecule has 3 N–H and O–H groups in total. The van der Waals surface area contributed by atoms with Gasteiger partial charge in [0.15, 0.2) is 5.78 Å². The molecule has 0 amide bonds.